The molecule has 0 spiro atoms. The molecule has 0 atom stereocenters. The minimum absolute atomic E-state index is 0.303. The molecule has 4 heteroatoms. The molecule has 1 N–H and O–H groups in total. The van der Waals surface area contributed by atoms with E-state index in [4.69, 9.17) is 11.6 Å². The minimum Gasteiger partial charge on any atom is -0.373 e. The first-order valence-corrected chi connectivity index (χ1v) is 4.94. The number of nitrogens with zero attached hydrogens (tertiary/aromatic N) is 1. The van der Waals surface area contributed by atoms with Crippen LogP contribution in [0.5, 0.6) is 0 Å². The number of rotatable bonds is 1. The van der Waals surface area contributed by atoms with Crippen LogP contribution in [0.4, 0.5) is 10.2 Å². The van der Waals surface area contributed by atoms with E-state index in [-0.39, 0.29) is 5.82 Å². The van der Waals surface area contributed by atoms with Gasteiger partial charge in [-0.1, -0.05) is 11.6 Å². The fraction of sp³-hybridized carbons (Fsp3) is 0.182. The van der Waals surface area contributed by atoms with Gasteiger partial charge in [-0.3, -0.25) is 0 Å². The summed E-state index contributed by atoms with van der Waals surface area (Å²) in [5.74, 6) is 0.314. The van der Waals surface area contributed by atoms with Crippen molar-refractivity contribution in [1.29, 1.82) is 0 Å². The molecule has 1 aromatic carbocycles. The lowest BCUT2D eigenvalue weighted by molar-refractivity contribution is 0.637. The highest BCUT2D eigenvalue weighted by Crippen LogP contribution is 2.27. The summed E-state index contributed by atoms with van der Waals surface area (Å²) >= 11 is 5.97. The third kappa shape index (κ3) is 1.63. The maximum atomic E-state index is 13.5. The number of anilines is 1. The number of aryl methyl sites for hydroxylation is 1. The number of benzene rings is 1. The number of halogens is 2. The van der Waals surface area contributed by atoms with Crippen molar-refractivity contribution in [1.82, 2.24) is 4.98 Å². The summed E-state index contributed by atoms with van der Waals surface area (Å²) in [7, 11) is 1.75. The van der Waals surface area contributed by atoms with E-state index in [1.54, 1.807) is 13.1 Å². The Hall–Kier alpha value is -1.35. The van der Waals surface area contributed by atoms with Crippen molar-refractivity contribution in [3.63, 3.8) is 0 Å². The Kier molecular flexibility index (Phi) is 2.49. The molecule has 1 heterocycles. The number of fused-ring (bicyclic) bond motifs is 1. The summed E-state index contributed by atoms with van der Waals surface area (Å²) in [6.07, 6.45) is 0. The van der Waals surface area contributed by atoms with Crippen molar-refractivity contribution in [2.24, 2.45) is 0 Å². The highest BCUT2D eigenvalue weighted by atomic mass is 35.5. The topological polar surface area (TPSA) is 24.9 Å². The van der Waals surface area contributed by atoms with E-state index < -0.39 is 0 Å². The van der Waals surface area contributed by atoms with Gasteiger partial charge in [-0.15, -0.1) is 0 Å². The fourth-order valence-corrected chi connectivity index (χ4v) is 1.75. The third-order valence-electron chi connectivity index (χ3n) is 2.31. The van der Waals surface area contributed by atoms with Crippen LogP contribution in [0.1, 0.15) is 5.56 Å². The molecule has 2 aromatic rings. The van der Waals surface area contributed by atoms with E-state index in [2.05, 4.69) is 10.3 Å². The van der Waals surface area contributed by atoms with Gasteiger partial charge >= 0.3 is 0 Å². The first-order valence-electron chi connectivity index (χ1n) is 4.56. The SMILES string of the molecule is CNc1nc2c(F)ccc(Cl)c2cc1C. The van der Waals surface area contributed by atoms with E-state index in [9.17, 15) is 4.39 Å². The maximum absolute atomic E-state index is 13.5. The van der Waals surface area contributed by atoms with E-state index in [1.165, 1.54) is 6.07 Å². The summed E-state index contributed by atoms with van der Waals surface area (Å²) in [6.45, 7) is 1.90. The molecule has 0 bridgehead atoms. The fourth-order valence-electron chi connectivity index (χ4n) is 1.55. The molecule has 0 unspecified atom stereocenters. The summed E-state index contributed by atoms with van der Waals surface area (Å²) in [5.41, 5.74) is 1.25. The van der Waals surface area contributed by atoms with Crippen LogP contribution in [0, 0.1) is 12.7 Å². The minimum atomic E-state index is -0.356. The first kappa shape index (κ1) is 10.2. The molecular weight excluding hydrogens is 215 g/mol. The van der Waals surface area contributed by atoms with Crippen LogP contribution < -0.4 is 5.32 Å². The van der Waals surface area contributed by atoms with Gasteiger partial charge in [0, 0.05) is 12.4 Å². The van der Waals surface area contributed by atoms with Gasteiger partial charge < -0.3 is 5.32 Å². The number of nitrogens with one attached hydrogen (secondary N) is 1. The van der Waals surface area contributed by atoms with Crippen LogP contribution >= 0.6 is 11.6 Å². The van der Waals surface area contributed by atoms with Crippen LogP contribution in [-0.4, -0.2) is 12.0 Å². The molecule has 0 amide bonds. The van der Waals surface area contributed by atoms with Crippen LogP contribution in [0.25, 0.3) is 10.9 Å². The van der Waals surface area contributed by atoms with Crippen LogP contribution in [0.3, 0.4) is 0 Å². The van der Waals surface area contributed by atoms with Crippen molar-refractivity contribution < 1.29 is 4.39 Å². The van der Waals surface area contributed by atoms with Crippen molar-refractivity contribution in [3.05, 3.63) is 34.6 Å². The zero-order chi connectivity index (χ0) is 11.0. The molecule has 0 saturated heterocycles. The lowest BCUT2D eigenvalue weighted by atomic mass is 10.1. The Morgan fingerprint density at radius 1 is 1.40 bits per heavy atom. The average molecular weight is 225 g/mol. The smallest absolute Gasteiger partial charge is 0.149 e. The van der Waals surface area contributed by atoms with Crippen LogP contribution in [0.2, 0.25) is 5.02 Å². The second-order valence-corrected chi connectivity index (χ2v) is 3.74. The van der Waals surface area contributed by atoms with E-state index in [0.717, 1.165) is 5.56 Å². The van der Waals surface area contributed by atoms with Crippen molar-refractivity contribution in [3.8, 4) is 0 Å². The monoisotopic (exact) mass is 224 g/mol. The summed E-state index contributed by atoms with van der Waals surface area (Å²) in [4.78, 5) is 4.18. The van der Waals surface area contributed by atoms with Crippen LogP contribution in [0.15, 0.2) is 18.2 Å². The Labute approximate surface area is 92.1 Å². The Bertz CT molecular complexity index is 525. The van der Waals surface area contributed by atoms with E-state index in [1.807, 2.05) is 13.0 Å². The summed E-state index contributed by atoms with van der Waals surface area (Å²) in [5, 5.41) is 4.08. The molecule has 0 aliphatic carbocycles. The highest BCUT2D eigenvalue weighted by molar-refractivity contribution is 6.35. The molecular formula is C11H10ClFN2. The van der Waals surface area contributed by atoms with Gasteiger partial charge in [0.25, 0.3) is 0 Å². The van der Waals surface area contributed by atoms with Gasteiger partial charge in [0.05, 0.1) is 5.02 Å². The highest BCUT2D eigenvalue weighted by Gasteiger charge is 2.08. The largest absolute Gasteiger partial charge is 0.373 e. The number of hydrogen-bond acceptors (Lipinski definition) is 2. The molecule has 1 aromatic heterocycles. The molecule has 78 valence electrons. The van der Waals surface area contributed by atoms with Gasteiger partial charge in [0.1, 0.15) is 17.2 Å². The average Bonchev–Trinajstić information content (AvgIpc) is 2.23. The Morgan fingerprint density at radius 3 is 2.80 bits per heavy atom. The summed E-state index contributed by atoms with van der Waals surface area (Å²) < 4.78 is 13.5. The zero-order valence-corrected chi connectivity index (χ0v) is 9.19. The van der Waals surface area contributed by atoms with Gasteiger partial charge in [-0.05, 0) is 30.7 Å². The van der Waals surface area contributed by atoms with Crippen molar-refractivity contribution >= 4 is 28.3 Å². The Morgan fingerprint density at radius 2 is 2.13 bits per heavy atom. The molecule has 2 nitrogen and oxygen atoms in total. The van der Waals surface area contributed by atoms with Crippen molar-refractivity contribution in [2.75, 3.05) is 12.4 Å². The maximum Gasteiger partial charge on any atom is 0.149 e. The predicted molar refractivity (Wildman–Crippen MR) is 61.0 cm³/mol. The van der Waals surface area contributed by atoms with Gasteiger partial charge in [0.15, 0.2) is 0 Å². The first-order chi connectivity index (χ1) is 7.13. The second kappa shape index (κ2) is 3.66. The number of hydrogen-bond donors (Lipinski definition) is 1. The standard InChI is InChI=1S/C11H10ClFN2/c1-6-5-7-8(12)3-4-9(13)10(7)15-11(6)14-2/h3-5H,1-2H3,(H,14,15). The quantitative estimate of drug-likeness (QED) is 0.803. The lowest BCUT2D eigenvalue weighted by Crippen LogP contribution is -1.97. The number of aromatic nitrogens is 1. The van der Waals surface area contributed by atoms with E-state index >= 15 is 0 Å². The molecule has 0 saturated carbocycles. The van der Waals surface area contributed by atoms with Gasteiger partial charge in [-0.2, -0.15) is 0 Å². The second-order valence-electron chi connectivity index (χ2n) is 3.33. The molecule has 0 aliphatic rings. The molecule has 2 rings (SSSR count). The normalized spacial score (nSPS) is 10.7. The molecule has 0 aliphatic heterocycles. The molecule has 15 heavy (non-hydrogen) atoms. The lowest BCUT2D eigenvalue weighted by Gasteiger charge is -2.07. The number of pyridine rings is 1. The van der Waals surface area contributed by atoms with E-state index in [0.29, 0.717) is 21.7 Å². The van der Waals surface area contributed by atoms with Crippen molar-refractivity contribution in [2.45, 2.75) is 6.92 Å². The van der Waals surface area contributed by atoms with Gasteiger partial charge in [-0.25, -0.2) is 9.37 Å². The Balaban J connectivity index is 2.86. The molecule has 0 radical (unpaired) electrons. The zero-order valence-electron chi connectivity index (χ0n) is 8.44. The third-order valence-corrected chi connectivity index (χ3v) is 2.64. The van der Waals surface area contributed by atoms with Gasteiger partial charge in [0.2, 0.25) is 0 Å². The predicted octanol–water partition coefficient (Wildman–Crippen LogP) is 3.38. The summed E-state index contributed by atoms with van der Waals surface area (Å²) in [6, 6.07) is 4.70. The van der Waals surface area contributed by atoms with Crippen LogP contribution in [-0.2, 0) is 0 Å². The molecule has 0 fully saturated rings.